The van der Waals surface area contributed by atoms with Gasteiger partial charge in [-0.05, 0) is 18.3 Å². The number of aromatic nitrogens is 2. The van der Waals surface area contributed by atoms with E-state index in [1.165, 1.54) is 31.9 Å². The number of hydrogen-bond acceptors (Lipinski definition) is 4. The van der Waals surface area contributed by atoms with E-state index in [4.69, 9.17) is 5.26 Å². The van der Waals surface area contributed by atoms with Crippen LogP contribution in [-0.2, 0) is 0 Å². The van der Waals surface area contributed by atoms with Crippen molar-refractivity contribution < 1.29 is 0 Å². The quantitative estimate of drug-likeness (QED) is 0.842. The number of nitrogens with one attached hydrogen (secondary N) is 1. The summed E-state index contributed by atoms with van der Waals surface area (Å²) in [5, 5.41) is 11.9. The molecule has 0 aromatic carbocycles. The van der Waals surface area contributed by atoms with Crippen LogP contribution in [0.5, 0.6) is 0 Å². The van der Waals surface area contributed by atoms with Crippen LogP contribution in [0.2, 0.25) is 0 Å². The molecule has 0 atom stereocenters. The van der Waals surface area contributed by atoms with Crippen LogP contribution in [0.1, 0.15) is 38.3 Å². The average Bonchev–Trinajstić information content (AvgIpc) is 2.75. The van der Waals surface area contributed by atoms with Gasteiger partial charge in [0, 0.05) is 6.54 Å². The van der Waals surface area contributed by atoms with Crippen LogP contribution in [0.15, 0.2) is 12.4 Å². The Hall–Kier alpha value is -1.63. The molecule has 0 radical (unpaired) electrons. The number of rotatable bonds is 3. The molecule has 4 nitrogen and oxygen atoms in total. The van der Waals surface area contributed by atoms with Gasteiger partial charge in [-0.2, -0.15) is 5.26 Å². The molecule has 16 heavy (non-hydrogen) atoms. The number of nitriles is 1. The Kier molecular flexibility index (Phi) is 3.04. The van der Waals surface area contributed by atoms with Crippen molar-refractivity contribution in [3.8, 4) is 6.07 Å². The molecule has 0 unspecified atom stereocenters. The SMILES string of the molecule is CC1(CNc2cnc(C#N)cn2)CCCC1. The third kappa shape index (κ3) is 2.48. The highest BCUT2D eigenvalue weighted by Crippen LogP contribution is 2.37. The molecular formula is C12H16N4. The highest BCUT2D eigenvalue weighted by atomic mass is 15.0. The second-order valence-corrected chi connectivity index (χ2v) is 4.77. The zero-order valence-electron chi connectivity index (χ0n) is 9.53. The topological polar surface area (TPSA) is 61.6 Å². The van der Waals surface area contributed by atoms with E-state index in [9.17, 15) is 0 Å². The zero-order chi connectivity index (χ0) is 11.4. The molecule has 1 N–H and O–H groups in total. The summed E-state index contributed by atoms with van der Waals surface area (Å²) in [7, 11) is 0. The fraction of sp³-hybridized carbons (Fsp3) is 0.583. The van der Waals surface area contributed by atoms with E-state index in [0.29, 0.717) is 11.1 Å². The predicted octanol–water partition coefficient (Wildman–Crippen LogP) is 2.34. The standard InChI is InChI=1S/C12H16N4/c1-12(4-2-3-5-12)9-16-11-8-14-10(6-13)7-15-11/h7-8H,2-5,9H2,1H3,(H,15,16). The lowest BCUT2D eigenvalue weighted by Gasteiger charge is -2.23. The minimum absolute atomic E-state index is 0.359. The summed E-state index contributed by atoms with van der Waals surface area (Å²) in [6.07, 6.45) is 8.35. The Morgan fingerprint density at radius 2 is 2.12 bits per heavy atom. The maximum absolute atomic E-state index is 8.60. The first-order valence-corrected chi connectivity index (χ1v) is 5.68. The van der Waals surface area contributed by atoms with Crippen LogP contribution in [0.25, 0.3) is 0 Å². The van der Waals surface area contributed by atoms with Crippen molar-refractivity contribution in [2.45, 2.75) is 32.6 Å². The molecule has 1 heterocycles. The Bertz CT molecular complexity index is 384. The van der Waals surface area contributed by atoms with Gasteiger partial charge in [0.25, 0.3) is 0 Å². The van der Waals surface area contributed by atoms with Gasteiger partial charge in [0.15, 0.2) is 5.69 Å². The van der Waals surface area contributed by atoms with Crippen LogP contribution >= 0.6 is 0 Å². The van der Waals surface area contributed by atoms with Crippen LogP contribution in [0, 0.1) is 16.7 Å². The Morgan fingerprint density at radius 1 is 1.38 bits per heavy atom. The normalized spacial score (nSPS) is 18.0. The van der Waals surface area contributed by atoms with Gasteiger partial charge in [0.05, 0.1) is 12.4 Å². The summed E-state index contributed by atoms with van der Waals surface area (Å²) < 4.78 is 0. The van der Waals surface area contributed by atoms with Crippen LogP contribution < -0.4 is 5.32 Å². The van der Waals surface area contributed by atoms with E-state index >= 15 is 0 Å². The fourth-order valence-electron chi connectivity index (χ4n) is 2.19. The van der Waals surface area contributed by atoms with E-state index in [-0.39, 0.29) is 0 Å². The van der Waals surface area contributed by atoms with E-state index in [0.717, 1.165) is 12.4 Å². The summed E-state index contributed by atoms with van der Waals surface area (Å²) in [6, 6.07) is 1.96. The molecule has 4 heteroatoms. The number of hydrogen-bond donors (Lipinski definition) is 1. The molecule has 0 aliphatic heterocycles. The molecule has 0 amide bonds. The van der Waals surface area contributed by atoms with Crippen LogP contribution in [0.3, 0.4) is 0 Å². The highest BCUT2D eigenvalue weighted by molar-refractivity contribution is 5.33. The van der Waals surface area contributed by atoms with Crippen LogP contribution in [-0.4, -0.2) is 16.5 Å². The lowest BCUT2D eigenvalue weighted by Crippen LogP contribution is -2.23. The summed E-state index contributed by atoms with van der Waals surface area (Å²) in [6.45, 7) is 3.25. The van der Waals surface area contributed by atoms with Crippen LogP contribution in [0.4, 0.5) is 5.82 Å². The molecule has 84 valence electrons. The van der Waals surface area contributed by atoms with E-state index < -0.39 is 0 Å². The Balaban J connectivity index is 1.92. The molecular weight excluding hydrogens is 200 g/mol. The highest BCUT2D eigenvalue weighted by Gasteiger charge is 2.28. The van der Waals surface area contributed by atoms with Crippen molar-refractivity contribution in [2.75, 3.05) is 11.9 Å². The summed E-state index contributed by atoms with van der Waals surface area (Å²) in [5.74, 6) is 0.757. The summed E-state index contributed by atoms with van der Waals surface area (Å²) in [5.41, 5.74) is 0.757. The molecule has 1 aromatic rings. The lowest BCUT2D eigenvalue weighted by molar-refractivity contribution is 0.361. The van der Waals surface area contributed by atoms with E-state index in [1.54, 1.807) is 6.20 Å². The number of nitrogens with zero attached hydrogens (tertiary/aromatic N) is 3. The van der Waals surface area contributed by atoms with Crippen molar-refractivity contribution in [2.24, 2.45) is 5.41 Å². The largest absolute Gasteiger partial charge is 0.368 e. The monoisotopic (exact) mass is 216 g/mol. The van der Waals surface area contributed by atoms with Gasteiger partial charge in [-0.25, -0.2) is 9.97 Å². The zero-order valence-corrected chi connectivity index (χ0v) is 9.53. The molecule has 0 saturated heterocycles. The van der Waals surface area contributed by atoms with Crippen molar-refractivity contribution >= 4 is 5.82 Å². The third-order valence-electron chi connectivity index (χ3n) is 3.27. The van der Waals surface area contributed by atoms with E-state index in [1.807, 2.05) is 6.07 Å². The smallest absolute Gasteiger partial charge is 0.158 e. The van der Waals surface area contributed by atoms with Crippen molar-refractivity contribution in [3.05, 3.63) is 18.1 Å². The van der Waals surface area contributed by atoms with Gasteiger partial charge in [-0.1, -0.05) is 19.8 Å². The van der Waals surface area contributed by atoms with Crippen molar-refractivity contribution in [1.29, 1.82) is 5.26 Å². The van der Waals surface area contributed by atoms with Crippen molar-refractivity contribution in [1.82, 2.24) is 9.97 Å². The molecule has 0 bridgehead atoms. The molecule has 1 aromatic heterocycles. The minimum atomic E-state index is 0.359. The van der Waals surface area contributed by atoms with E-state index in [2.05, 4.69) is 22.2 Å². The summed E-state index contributed by atoms with van der Waals surface area (Å²) >= 11 is 0. The average molecular weight is 216 g/mol. The molecule has 1 fully saturated rings. The molecule has 0 spiro atoms. The van der Waals surface area contributed by atoms with Gasteiger partial charge >= 0.3 is 0 Å². The predicted molar refractivity (Wildman–Crippen MR) is 61.8 cm³/mol. The second-order valence-electron chi connectivity index (χ2n) is 4.77. The number of anilines is 1. The maximum Gasteiger partial charge on any atom is 0.158 e. The third-order valence-corrected chi connectivity index (χ3v) is 3.27. The first-order valence-electron chi connectivity index (χ1n) is 5.68. The molecule has 1 aliphatic carbocycles. The molecule has 2 rings (SSSR count). The second kappa shape index (κ2) is 4.48. The minimum Gasteiger partial charge on any atom is -0.368 e. The molecule has 1 aliphatic rings. The van der Waals surface area contributed by atoms with Gasteiger partial charge < -0.3 is 5.32 Å². The maximum atomic E-state index is 8.60. The Labute approximate surface area is 95.7 Å². The van der Waals surface area contributed by atoms with Gasteiger partial charge in [0.1, 0.15) is 11.9 Å². The first kappa shape index (κ1) is 10.9. The van der Waals surface area contributed by atoms with Gasteiger partial charge in [0.2, 0.25) is 0 Å². The van der Waals surface area contributed by atoms with Gasteiger partial charge in [-0.15, -0.1) is 0 Å². The lowest BCUT2D eigenvalue weighted by atomic mass is 9.89. The first-order chi connectivity index (χ1) is 7.72. The van der Waals surface area contributed by atoms with Gasteiger partial charge in [-0.3, -0.25) is 0 Å². The fourth-order valence-corrected chi connectivity index (χ4v) is 2.19. The van der Waals surface area contributed by atoms with Crippen molar-refractivity contribution in [3.63, 3.8) is 0 Å². The Morgan fingerprint density at radius 3 is 2.69 bits per heavy atom. The molecule has 1 saturated carbocycles. The summed E-state index contributed by atoms with van der Waals surface area (Å²) in [4.78, 5) is 8.12.